The van der Waals surface area contributed by atoms with E-state index in [1.54, 1.807) is 42.5 Å². The van der Waals surface area contributed by atoms with Crippen LogP contribution >= 0.6 is 11.6 Å². The number of nitro benzene ring substituents is 1. The van der Waals surface area contributed by atoms with Crippen LogP contribution in [0, 0.1) is 15.9 Å². The molecule has 0 fully saturated rings. The number of nitro groups is 1. The largest absolute Gasteiger partial charge is 0.489 e. The van der Waals surface area contributed by atoms with E-state index in [2.05, 4.69) is 10.4 Å². The van der Waals surface area contributed by atoms with E-state index in [-0.39, 0.29) is 35.5 Å². The lowest BCUT2D eigenvalue weighted by molar-refractivity contribution is -0.384. The van der Waals surface area contributed by atoms with Gasteiger partial charge in [-0.3, -0.25) is 19.6 Å². The summed E-state index contributed by atoms with van der Waals surface area (Å²) in [6, 6.07) is 18.9. The topological polar surface area (TPSA) is 99.3 Å². The van der Waals surface area contributed by atoms with Gasteiger partial charge < -0.3 is 10.1 Å². The lowest BCUT2D eigenvalue weighted by atomic mass is 10.1. The van der Waals surface area contributed by atoms with Crippen molar-refractivity contribution in [1.82, 2.24) is 9.78 Å². The minimum Gasteiger partial charge on any atom is -0.489 e. The predicted molar refractivity (Wildman–Crippen MR) is 125 cm³/mol. The zero-order chi connectivity index (χ0) is 24.1. The van der Waals surface area contributed by atoms with Crippen LogP contribution in [0.25, 0.3) is 0 Å². The van der Waals surface area contributed by atoms with Gasteiger partial charge in [-0.25, -0.2) is 4.39 Å². The molecule has 1 aromatic heterocycles. The molecule has 0 saturated carbocycles. The zero-order valence-corrected chi connectivity index (χ0v) is 18.4. The van der Waals surface area contributed by atoms with Gasteiger partial charge in [0, 0.05) is 29.5 Å². The smallest absolute Gasteiger partial charge is 0.269 e. The number of nitrogens with zero attached hydrogens (tertiary/aromatic N) is 3. The van der Waals surface area contributed by atoms with Crippen molar-refractivity contribution < 1.29 is 18.8 Å². The van der Waals surface area contributed by atoms with E-state index in [9.17, 15) is 19.3 Å². The van der Waals surface area contributed by atoms with Crippen molar-refractivity contribution in [1.29, 1.82) is 0 Å². The minimum atomic E-state index is -0.485. The van der Waals surface area contributed by atoms with E-state index < -0.39 is 10.8 Å². The molecule has 1 N–H and O–H groups in total. The molecular formula is C24H18ClFN4O4. The monoisotopic (exact) mass is 480 g/mol. The molecule has 0 bridgehead atoms. The second-order valence-corrected chi connectivity index (χ2v) is 7.72. The third kappa shape index (κ3) is 5.57. The van der Waals surface area contributed by atoms with E-state index in [0.29, 0.717) is 16.9 Å². The standard InChI is InChI=1S/C24H18ClFN4O4/c25-21-14-29(13-18-5-1-2-7-22(18)26)28-23(21)27-24(31)17-6-3-4-16(12-17)15-34-20-10-8-19(9-11-20)30(32)33/h1-12,14H,13,15H2,(H,27,28,31). The van der Waals surface area contributed by atoms with Crippen LogP contribution in [-0.2, 0) is 13.2 Å². The second kappa shape index (κ2) is 10.1. The van der Waals surface area contributed by atoms with Crippen LogP contribution in [0.15, 0.2) is 79.0 Å². The van der Waals surface area contributed by atoms with Crippen molar-refractivity contribution in [3.8, 4) is 5.75 Å². The van der Waals surface area contributed by atoms with Crippen LogP contribution in [0.4, 0.5) is 15.9 Å². The Morgan fingerprint density at radius 1 is 1.12 bits per heavy atom. The Labute approximate surface area is 198 Å². The van der Waals surface area contributed by atoms with Gasteiger partial charge in [0.05, 0.1) is 11.5 Å². The second-order valence-electron chi connectivity index (χ2n) is 7.31. The SMILES string of the molecule is O=C(Nc1nn(Cc2ccccc2F)cc1Cl)c1cccc(COc2ccc([N+](=O)[O-])cc2)c1. The highest BCUT2D eigenvalue weighted by Crippen LogP contribution is 2.22. The number of hydrogen-bond donors (Lipinski definition) is 1. The molecule has 0 aliphatic rings. The number of halogens is 2. The average molecular weight is 481 g/mol. The maximum absolute atomic E-state index is 13.9. The number of anilines is 1. The maximum Gasteiger partial charge on any atom is 0.269 e. The van der Waals surface area contributed by atoms with Gasteiger partial charge in [0.1, 0.15) is 23.2 Å². The first-order valence-corrected chi connectivity index (χ1v) is 10.5. The molecule has 4 rings (SSSR count). The van der Waals surface area contributed by atoms with E-state index in [4.69, 9.17) is 16.3 Å². The predicted octanol–water partition coefficient (Wildman–Crippen LogP) is 5.46. The Bertz CT molecular complexity index is 1340. The molecule has 0 aliphatic heterocycles. The summed E-state index contributed by atoms with van der Waals surface area (Å²) in [7, 11) is 0. The zero-order valence-electron chi connectivity index (χ0n) is 17.7. The minimum absolute atomic E-state index is 0.0268. The fourth-order valence-corrected chi connectivity index (χ4v) is 3.37. The fraction of sp³-hybridized carbons (Fsp3) is 0.0833. The fourth-order valence-electron chi connectivity index (χ4n) is 3.18. The number of amides is 1. The Kier molecular flexibility index (Phi) is 6.84. The summed E-state index contributed by atoms with van der Waals surface area (Å²) in [6.07, 6.45) is 1.51. The van der Waals surface area contributed by atoms with Crippen LogP contribution < -0.4 is 10.1 Å². The van der Waals surface area contributed by atoms with Gasteiger partial charge in [-0.15, -0.1) is 0 Å². The molecule has 8 nitrogen and oxygen atoms in total. The van der Waals surface area contributed by atoms with Gasteiger partial charge in [0.2, 0.25) is 0 Å². The lowest BCUT2D eigenvalue weighted by Gasteiger charge is -2.08. The first-order chi connectivity index (χ1) is 16.4. The van der Waals surface area contributed by atoms with Crippen molar-refractivity contribution >= 4 is 29.0 Å². The molecule has 3 aromatic carbocycles. The molecule has 0 radical (unpaired) electrons. The van der Waals surface area contributed by atoms with Crippen LogP contribution in [0.3, 0.4) is 0 Å². The number of aromatic nitrogens is 2. The summed E-state index contributed by atoms with van der Waals surface area (Å²) in [5, 5.41) is 17.9. The van der Waals surface area contributed by atoms with Gasteiger partial charge in [-0.2, -0.15) is 5.10 Å². The van der Waals surface area contributed by atoms with Gasteiger partial charge in [0.15, 0.2) is 5.82 Å². The van der Waals surface area contributed by atoms with Crippen molar-refractivity contribution in [2.75, 3.05) is 5.32 Å². The number of carbonyl (C=O) groups excluding carboxylic acids is 1. The molecule has 0 aliphatic carbocycles. The van der Waals surface area contributed by atoms with Crippen LogP contribution in [0.5, 0.6) is 5.75 Å². The molecule has 10 heteroatoms. The third-order valence-electron chi connectivity index (χ3n) is 4.88. The Morgan fingerprint density at radius 2 is 1.88 bits per heavy atom. The Balaban J connectivity index is 1.40. The van der Waals surface area contributed by atoms with Crippen LogP contribution in [0.1, 0.15) is 21.5 Å². The number of rotatable bonds is 8. The summed E-state index contributed by atoms with van der Waals surface area (Å²) in [6.45, 7) is 0.328. The van der Waals surface area contributed by atoms with Gasteiger partial charge in [-0.05, 0) is 35.9 Å². The van der Waals surface area contributed by atoms with E-state index in [1.165, 1.54) is 41.2 Å². The van der Waals surface area contributed by atoms with Gasteiger partial charge in [0.25, 0.3) is 11.6 Å². The summed E-state index contributed by atoms with van der Waals surface area (Å²) in [5.41, 5.74) is 1.51. The van der Waals surface area contributed by atoms with Crippen molar-refractivity contribution in [2.24, 2.45) is 0 Å². The first kappa shape index (κ1) is 22.9. The molecule has 0 unspecified atom stereocenters. The molecular weight excluding hydrogens is 463 g/mol. The van der Waals surface area contributed by atoms with Crippen LogP contribution in [0.2, 0.25) is 5.02 Å². The van der Waals surface area contributed by atoms with Crippen molar-refractivity contribution in [3.63, 3.8) is 0 Å². The van der Waals surface area contributed by atoms with Crippen LogP contribution in [-0.4, -0.2) is 20.6 Å². The number of hydrogen-bond acceptors (Lipinski definition) is 5. The van der Waals surface area contributed by atoms with E-state index in [0.717, 1.165) is 5.56 Å². The highest BCUT2D eigenvalue weighted by atomic mass is 35.5. The summed E-state index contributed by atoms with van der Waals surface area (Å²) >= 11 is 6.21. The Morgan fingerprint density at radius 3 is 2.62 bits per heavy atom. The molecule has 0 spiro atoms. The number of non-ortho nitro benzene ring substituents is 1. The molecule has 172 valence electrons. The molecule has 0 saturated heterocycles. The molecule has 1 amide bonds. The van der Waals surface area contributed by atoms with E-state index >= 15 is 0 Å². The van der Waals surface area contributed by atoms with E-state index in [1.807, 2.05) is 0 Å². The number of ether oxygens (including phenoxy) is 1. The Hall–Kier alpha value is -4.24. The maximum atomic E-state index is 13.9. The first-order valence-electron chi connectivity index (χ1n) is 10.1. The average Bonchev–Trinajstić information content (AvgIpc) is 3.18. The molecule has 34 heavy (non-hydrogen) atoms. The number of nitrogens with one attached hydrogen (secondary N) is 1. The summed E-state index contributed by atoms with van der Waals surface area (Å²) in [4.78, 5) is 23.0. The number of benzene rings is 3. The normalized spacial score (nSPS) is 10.6. The molecule has 4 aromatic rings. The third-order valence-corrected chi connectivity index (χ3v) is 5.16. The van der Waals surface area contributed by atoms with Gasteiger partial charge in [-0.1, -0.05) is 41.9 Å². The van der Waals surface area contributed by atoms with Crippen molar-refractivity contribution in [3.05, 3.63) is 117 Å². The molecule has 0 atom stereocenters. The quantitative estimate of drug-likeness (QED) is 0.266. The van der Waals surface area contributed by atoms with Gasteiger partial charge >= 0.3 is 0 Å². The highest BCUT2D eigenvalue weighted by Gasteiger charge is 2.14. The van der Waals surface area contributed by atoms with Crippen molar-refractivity contribution in [2.45, 2.75) is 13.2 Å². The summed E-state index contributed by atoms with van der Waals surface area (Å²) < 4.78 is 21.0. The summed E-state index contributed by atoms with van der Waals surface area (Å²) in [5.74, 6) is -0.147. The lowest BCUT2D eigenvalue weighted by Crippen LogP contribution is -2.13. The molecule has 1 heterocycles. The number of carbonyl (C=O) groups is 1. The highest BCUT2D eigenvalue weighted by molar-refractivity contribution is 6.33.